The van der Waals surface area contributed by atoms with E-state index in [1.165, 1.54) is 0 Å². The number of carbonyl (C=O) groups is 1. The highest BCUT2D eigenvalue weighted by Gasteiger charge is 2.27. The molecule has 0 aromatic heterocycles. The van der Waals surface area contributed by atoms with Gasteiger partial charge < -0.3 is 14.4 Å². The summed E-state index contributed by atoms with van der Waals surface area (Å²) >= 11 is 0. The number of rotatable bonds is 8. The molecule has 0 saturated carbocycles. The molecule has 0 aliphatic carbocycles. The van der Waals surface area contributed by atoms with Crippen LogP contribution in [0.4, 0.5) is 0 Å². The molecule has 0 aliphatic heterocycles. The van der Waals surface area contributed by atoms with Gasteiger partial charge in [0.25, 0.3) is 0 Å². The van der Waals surface area contributed by atoms with Gasteiger partial charge in [0.2, 0.25) is 5.91 Å². The predicted molar refractivity (Wildman–Crippen MR) is 124 cm³/mol. The van der Waals surface area contributed by atoms with Gasteiger partial charge in [0.05, 0.1) is 7.11 Å². The molecule has 3 rings (SSSR count). The van der Waals surface area contributed by atoms with E-state index in [2.05, 4.69) is 0 Å². The average Bonchev–Trinajstić information content (AvgIpc) is 2.77. The lowest BCUT2D eigenvalue weighted by Crippen LogP contribution is -2.38. The lowest BCUT2D eigenvalue weighted by atomic mass is 9.94. The number of amides is 1. The maximum atomic E-state index is 13.2. The highest BCUT2D eigenvalue weighted by Crippen LogP contribution is 2.30. The summed E-state index contributed by atoms with van der Waals surface area (Å²) in [6.45, 7) is 7.37. The minimum absolute atomic E-state index is 0.110. The molecule has 0 fully saturated rings. The van der Waals surface area contributed by atoms with Gasteiger partial charge in [-0.05, 0) is 28.8 Å². The first-order chi connectivity index (χ1) is 14.9. The lowest BCUT2D eigenvalue weighted by Gasteiger charge is -2.30. The Kier molecular flexibility index (Phi) is 7.35. The van der Waals surface area contributed by atoms with Crippen LogP contribution in [0.25, 0.3) is 0 Å². The highest BCUT2D eigenvalue weighted by atomic mass is 16.5. The van der Waals surface area contributed by atoms with E-state index in [9.17, 15) is 4.79 Å². The van der Waals surface area contributed by atoms with E-state index in [-0.39, 0.29) is 5.91 Å². The molecular formula is C27H31NO3. The van der Waals surface area contributed by atoms with Crippen LogP contribution in [0.3, 0.4) is 0 Å². The third-order valence-electron chi connectivity index (χ3n) is 4.98. The summed E-state index contributed by atoms with van der Waals surface area (Å²) in [6.07, 6.45) is 0. The molecule has 4 nitrogen and oxygen atoms in total. The van der Waals surface area contributed by atoms with E-state index >= 15 is 0 Å². The molecule has 0 atom stereocenters. The Bertz CT molecular complexity index is 978. The van der Waals surface area contributed by atoms with Crippen LogP contribution in [0.5, 0.6) is 11.5 Å². The third kappa shape index (κ3) is 6.35. The van der Waals surface area contributed by atoms with E-state index < -0.39 is 5.41 Å². The summed E-state index contributed by atoms with van der Waals surface area (Å²) < 4.78 is 11.5. The molecule has 0 radical (unpaired) electrons. The van der Waals surface area contributed by atoms with Gasteiger partial charge in [-0.3, -0.25) is 4.79 Å². The number of carbonyl (C=O) groups excluding carboxylic acids is 1. The van der Waals surface area contributed by atoms with Gasteiger partial charge in [0, 0.05) is 18.5 Å². The number of ether oxygens (including phenoxy) is 2. The van der Waals surface area contributed by atoms with Crippen LogP contribution in [-0.2, 0) is 24.5 Å². The predicted octanol–water partition coefficient (Wildman–Crippen LogP) is 5.85. The second-order valence-corrected chi connectivity index (χ2v) is 8.66. The van der Waals surface area contributed by atoms with Gasteiger partial charge in [-0.25, -0.2) is 0 Å². The fraction of sp³-hybridized carbons (Fsp3) is 0.296. The van der Waals surface area contributed by atoms with Crippen LogP contribution in [0.1, 0.15) is 37.5 Å². The molecule has 0 N–H and O–H groups in total. The Morgan fingerprint density at radius 3 is 1.94 bits per heavy atom. The van der Waals surface area contributed by atoms with Gasteiger partial charge in [-0.15, -0.1) is 0 Å². The second kappa shape index (κ2) is 10.2. The van der Waals surface area contributed by atoms with Crippen molar-refractivity contribution in [1.82, 2.24) is 4.90 Å². The van der Waals surface area contributed by atoms with E-state index in [1.807, 2.05) is 105 Å². The molecule has 0 heterocycles. The maximum Gasteiger partial charge on any atom is 0.228 e. The smallest absolute Gasteiger partial charge is 0.228 e. The zero-order valence-corrected chi connectivity index (χ0v) is 18.8. The standard InChI is InChI=1S/C27H31NO3/c1-27(2,3)26(29)28(18-21-11-7-5-8-12-21)19-23-15-16-24(30-4)25(17-23)31-20-22-13-9-6-10-14-22/h5-17H,18-20H2,1-4H3. The zero-order valence-electron chi connectivity index (χ0n) is 18.8. The largest absolute Gasteiger partial charge is 0.493 e. The first-order valence-electron chi connectivity index (χ1n) is 10.5. The van der Waals surface area contributed by atoms with Crippen LogP contribution < -0.4 is 9.47 Å². The quantitative estimate of drug-likeness (QED) is 0.461. The van der Waals surface area contributed by atoms with Crippen LogP contribution in [0.2, 0.25) is 0 Å². The molecule has 0 unspecified atom stereocenters. The van der Waals surface area contributed by atoms with Crippen molar-refractivity contribution in [2.24, 2.45) is 5.41 Å². The number of nitrogens with zero attached hydrogens (tertiary/aromatic N) is 1. The van der Waals surface area contributed by atoms with Crippen molar-refractivity contribution < 1.29 is 14.3 Å². The molecular weight excluding hydrogens is 386 g/mol. The first-order valence-corrected chi connectivity index (χ1v) is 10.5. The average molecular weight is 418 g/mol. The van der Waals surface area contributed by atoms with Crippen LogP contribution in [-0.4, -0.2) is 17.9 Å². The number of methoxy groups -OCH3 is 1. The highest BCUT2D eigenvalue weighted by molar-refractivity contribution is 5.81. The van der Waals surface area contributed by atoms with Gasteiger partial charge in [-0.2, -0.15) is 0 Å². The van der Waals surface area contributed by atoms with Crippen LogP contribution in [0, 0.1) is 5.41 Å². The second-order valence-electron chi connectivity index (χ2n) is 8.66. The van der Waals surface area contributed by atoms with Crippen molar-refractivity contribution in [3.8, 4) is 11.5 Å². The Morgan fingerprint density at radius 2 is 1.35 bits per heavy atom. The summed E-state index contributed by atoms with van der Waals surface area (Å²) in [5, 5.41) is 0. The molecule has 3 aromatic carbocycles. The summed E-state index contributed by atoms with van der Waals surface area (Å²) in [6, 6.07) is 26.0. The van der Waals surface area contributed by atoms with E-state index in [0.717, 1.165) is 16.7 Å². The molecule has 1 amide bonds. The fourth-order valence-corrected chi connectivity index (χ4v) is 3.37. The van der Waals surface area contributed by atoms with Gasteiger partial charge in [0.15, 0.2) is 11.5 Å². The minimum Gasteiger partial charge on any atom is -0.493 e. The minimum atomic E-state index is -0.464. The van der Waals surface area contributed by atoms with Crippen molar-refractivity contribution in [3.05, 3.63) is 95.6 Å². The SMILES string of the molecule is COc1ccc(CN(Cc2ccccc2)C(=O)C(C)(C)C)cc1OCc1ccccc1. The van der Waals surface area contributed by atoms with Gasteiger partial charge >= 0.3 is 0 Å². The zero-order chi connectivity index (χ0) is 22.3. The Balaban J connectivity index is 1.82. The van der Waals surface area contributed by atoms with Crippen LogP contribution >= 0.6 is 0 Å². The lowest BCUT2D eigenvalue weighted by molar-refractivity contribution is -0.140. The molecule has 0 aliphatic rings. The van der Waals surface area contributed by atoms with Crippen molar-refractivity contribution in [2.75, 3.05) is 7.11 Å². The van der Waals surface area contributed by atoms with E-state index in [1.54, 1.807) is 7.11 Å². The van der Waals surface area contributed by atoms with E-state index in [0.29, 0.717) is 31.2 Å². The normalized spacial score (nSPS) is 11.1. The Hall–Kier alpha value is -3.27. The number of hydrogen-bond acceptors (Lipinski definition) is 3. The summed E-state index contributed by atoms with van der Waals surface area (Å²) in [7, 11) is 1.63. The summed E-state index contributed by atoms with van der Waals surface area (Å²) in [5.74, 6) is 1.46. The van der Waals surface area contributed by atoms with Gasteiger partial charge in [-0.1, -0.05) is 87.5 Å². The molecule has 0 saturated heterocycles. The Morgan fingerprint density at radius 1 is 0.774 bits per heavy atom. The van der Waals surface area contributed by atoms with Crippen molar-refractivity contribution in [1.29, 1.82) is 0 Å². The Labute approximate surface area is 185 Å². The monoisotopic (exact) mass is 417 g/mol. The molecule has 31 heavy (non-hydrogen) atoms. The van der Waals surface area contributed by atoms with E-state index in [4.69, 9.17) is 9.47 Å². The number of hydrogen-bond donors (Lipinski definition) is 0. The number of benzene rings is 3. The van der Waals surface area contributed by atoms with Crippen LogP contribution in [0.15, 0.2) is 78.9 Å². The molecule has 4 heteroatoms. The third-order valence-corrected chi connectivity index (χ3v) is 4.98. The maximum absolute atomic E-state index is 13.2. The van der Waals surface area contributed by atoms with Crippen molar-refractivity contribution >= 4 is 5.91 Å². The molecule has 0 spiro atoms. The van der Waals surface area contributed by atoms with Crippen molar-refractivity contribution in [3.63, 3.8) is 0 Å². The summed E-state index contributed by atoms with van der Waals surface area (Å²) in [5.41, 5.74) is 2.73. The molecule has 3 aromatic rings. The summed E-state index contributed by atoms with van der Waals surface area (Å²) in [4.78, 5) is 15.1. The molecule has 0 bridgehead atoms. The topological polar surface area (TPSA) is 38.8 Å². The van der Waals surface area contributed by atoms with Crippen molar-refractivity contribution in [2.45, 2.75) is 40.5 Å². The fourth-order valence-electron chi connectivity index (χ4n) is 3.37. The molecule has 162 valence electrons. The van der Waals surface area contributed by atoms with Gasteiger partial charge in [0.1, 0.15) is 6.61 Å². The first kappa shape index (κ1) is 22.4.